The Morgan fingerprint density at radius 1 is 1.11 bits per heavy atom. The Morgan fingerprint density at radius 2 is 1.97 bits per heavy atom. The lowest BCUT2D eigenvalue weighted by molar-refractivity contribution is 0.201. The fourth-order valence-corrected chi connectivity index (χ4v) is 5.78. The highest BCUT2D eigenvalue weighted by Crippen LogP contribution is 2.41. The van der Waals surface area contributed by atoms with Crippen LogP contribution in [0.25, 0.3) is 20.5 Å². The Kier molecular flexibility index (Phi) is 7.69. The van der Waals surface area contributed by atoms with Crippen LogP contribution in [0.5, 0.6) is 5.75 Å². The summed E-state index contributed by atoms with van der Waals surface area (Å²) < 4.78 is 6.73. The predicted molar refractivity (Wildman–Crippen MR) is 146 cm³/mol. The smallest absolute Gasteiger partial charge is 0.121 e. The van der Waals surface area contributed by atoms with E-state index >= 15 is 0 Å². The lowest BCUT2D eigenvalue weighted by Crippen LogP contribution is -2.28. The molecule has 184 valence electrons. The van der Waals surface area contributed by atoms with E-state index < -0.39 is 0 Å². The number of thiophene rings is 1. The molecule has 2 aromatic heterocycles. The monoisotopic (exact) mass is 518 g/mol. The van der Waals surface area contributed by atoms with E-state index in [1.165, 1.54) is 48.0 Å². The third kappa shape index (κ3) is 5.48. The molecule has 8 heteroatoms. The minimum atomic E-state index is -0.0792. The molecule has 5 rings (SSSR count). The molecule has 1 aliphatic heterocycles. The van der Waals surface area contributed by atoms with Gasteiger partial charge in [-0.25, -0.2) is 0 Å². The summed E-state index contributed by atoms with van der Waals surface area (Å²) in [7, 11) is 0. The molecule has 2 aromatic carbocycles. The largest absolute Gasteiger partial charge is 0.491 e. The van der Waals surface area contributed by atoms with Crippen LogP contribution >= 0.6 is 22.9 Å². The van der Waals surface area contributed by atoms with Crippen molar-refractivity contribution in [1.29, 1.82) is 5.26 Å². The van der Waals surface area contributed by atoms with Gasteiger partial charge in [-0.3, -0.25) is 9.88 Å². The van der Waals surface area contributed by atoms with Crippen LogP contribution in [0.15, 0.2) is 54.9 Å². The van der Waals surface area contributed by atoms with Crippen LogP contribution in [0.4, 0.5) is 11.4 Å². The summed E-state index contributed by atoms with van der Waals surface area (Å²) in [4.78, 5) is 7.89. The fourth-order valence-electron chi connectivity index (χ4n) is 4.55. The second-order valence-electron chi connectivity index (χ2n) is 8.88. The van der Waals surface area contributed by atoms with Gasteiger partial charge in [0.15, 0.2) is 0 Å². The van der Waals surface area contributed by atoms with Crippen molar-refractivity contribution in [2.75, 3.05) is 31.6 Å². The maximum Gasteiger partial charge on any atom is 0.121 e. The number of nitrogens with zero attached hydrogens (tertiary/aromatic N) is 3. The quantitative estimate of drug-likeness (QED) is 0.274. The molecule has 0 bridgehead atoms. The van der Waals surface area contributed by atoms with Gasteiger partial charge in [-0.1, -0.05) is 24.1 Å². The topological polar surface area (TPSA) is 81.4 Å². The number of nitrogens with one attached hydrogen (secondary N) is 1. The van der Waals surface area contributed by atoms with Gasteiger partial charge in [0.1, 0.15) is 18.4 Å². The number of aliphatic hydroxyl groups is 1. The number of halogens is 1. The van der Waals surface area contributed by atoms with Crippen LogP contribution in [-0.4, -0.2) is 41.3 Å². The third-order valence-corrected chi connectivity index (χ3v) is 7.80. The number of fused-ring (bicyclic) bond motifs is 1. The van der Waals surface area contributed by atoms with Crippen LogP contribution < -0.4 is 10.1 Å². The Balaban J connectivity index is 1.48. The molecule has 0 saturated carbocycles. The average molecular weight is 519 g/mol. The van der Waals surface area contributed by atoms with Crippen LogP contribution in [0.1, 0.15) is 30.4 Å². The molecule has 4 aromatic rings. The molecular weight excluding hydrogens is 492 g/mol. The van der Waals surface area contributed by atoms with Gasteiger partial charge in [-0.2, -0.15) is 5.26 Å². The van der Waals surface area contributed by atoms with E-state index in [1.807, 2.05) is 0 Å². The van der Waals surface area contributed by atoms with E-state index in [0.29, 0.717) is 27.7 Å². The molecule has 3 heterocycles. The first-order valence-electron chi connectivity index (χ1n) is 12.1. The second kappa shape index (κ2) is 11.3. The fraction of sp³-hybridized carbons (Fsp3) is 0.286. The number of rotatable bonds is 8. The molecule has 36 heavy (non-hydrogen) atoms. The highest BCUT2D eigenvalue weighted by atomic mass is 35.5. The Bertz CT molecular complexity index is 1410. The highest BCUT2D eigenvalue weighted by Gasteiger charge is 2.17. The molecule has 0 spiro atoms. The third-order valence-electron chi connectivity index (χ3n) is 6.32. The van der Waals surface area contributed by atoms with Gasteiger partial charge < -0.3 is 15.2 Å². The standard InChI is InChI=1S/C28H27ClN4O2S/c29-24-6-5-22(35-11-10-34)14-25(24)32-28-21(15-30)16-31-17-23(28)27-13-20-12-19(4-7-26(20)36-27)18-33-8-2-1-3-9-33/h4-7,12-14,16-17,34H,1-3,8-11,18H2,(H,31,32). The first-order chi connectivity index (χ1) is 17.6. The lowest BCUT2D eigenvalue weighted by Gasteiger charge is -2.26. The number of anilines is 2. The van der Waals surface area contributed by atoms with Gasteiger partial charge in [0, 0.05) is 40.1 Å². The Hall–Kier alpha value is -3.15. The summed E-state index contributed by atoms with van der Waals surface area (Å²) in [5.74, 6) is 0.577. The molecule has 0 aliphatic carbocycles. The van der Waals surface area contributed by atoms with Crippen LogP contribution in [0.2, 0.25) is 5.02 Å². The minimum Gasteiger partial charge on any atom is -0.491 e. The number of aromatic nitrogens is 1. The van der Waals surface area contributed by atoms with E-state index in [2.05, 4.69) is 45.5 Å². The summed E-state index contributed by atoms with van der Waals surface area (Å²) in [5.41, 5.74) is 3.84. The van der Waals surface area contributed by atoms with Crippen molar-refractivity contribution in [3.63, 3.8) is 0 Å². The Morgan fingerprint density at radius 3 is 2.78 bits per heavy atom. The number of nitriles is 1. The molecule has 2 N–H and O–H groups in total. The van der Waals surface area contributed by atoms with Gasteiger partial charge in [-0.15, -0.1) is 11.3 Å². The van der Waals surface area contributed by atoms with E-state index in [9.17, 15) is 5.26 Å². The highest BCUT2D eigenvalue weighted by molar-refractivity contribution is 7.22. The van der Waals surface area contributed by atoms with E-state index in [4.69, 9.17) is 21.4 Å². The molecule has 0 radical (unpaired) electrons. The van der Waals surface area contributed by atoms with Gasteiger partial charge in [0.2, 0.25) is 0 Å². The van der Waals surface area contributed by atoms with E-state index in [-0.39, 0.29) is 13.2 Å². The van der Waals surface area contributed by atoms with Crippen LogP contribution in [-0.2, 0) is 6.54 Å². The molecule has 0 amide bonds. The summed E-state index contributed by atoms with van der Waals surface area (Å²) >= 11 is 8.15. The predicted octanol–water partition coefficient (Wildman–Crippen LogP) is 6.59. The minimum absolute atomic E-state index is 0.0792. The van der Waals surface area contributed by atoms with E-state index in [1.54, 1.807) is 41.9 Å². The number of likely N-dealkylation sites (tertiary alicyclic amines) is 1. The lowest BCUT2D eigenvalue weighted by atomic mass is 10.1. The van der Waals surface area contributed by atoms with Crippen molar-refractivity contribution in [2.24, 2.45) is 0 Å². The first-order valence-corrected chi connectivity index (χ1v) is 13.3. The molecule has 0 atom stereocenters. The van der Waals surface area contributed by atoms with Crippen LogP contribution in [0, 0.1) is 11.3 Å². The van der Waals surface area contributed by atoms with Crippen molar-refractivity contribution >= 4 is 44.4 Å². The average Bonchev–Trinajstić information content (AvgIpc) is 3.33. The molecule has 0 unspecified atom stereocenters. The van der Waals surface area contributed by atoms with Gasteiger partial charge in [0.05, 0.1) is 28.6 Å². The number of aliphatic hydroxyl groups excluding tert-OH is 1. The number of piperidine rings is 1. The number of pyridine rings is 1. The van der Waals surface area contributed by atoms with Crippen molar-refractivity contribution in [1.82, 2.24) is 9.88 Å². The SMILES string of the molecule is N#Cc1cncc(-c2cc3cc(CN4CCCCC4)ccc3s2)c1Nc1cc(OCCO)ccc1Cl. The summed E-state index contributed by atoms with van der Waals surface area (Å²) in [6.45, 7) is 3.43. The Labute approximate surface area is 219 Å². The van der Waals surface area contributed by atoms with E-state index in [0.717, 1.165) is 17.0 Å². The van der Waals surface area contributed by atoms with Gasteiger partial charge >= 0.3 is 0 Å². The number of hydrogen-bond acceptors (Lipinski definition) is 7. The summed E-state index contributed by atoms with van der Waals surface area (Å²) in [6, 6.07) is 16.3. The maximum atomic E-state index is 9.82. The zero-order valence-electron chi connectivity index (χ0n) is 19.8. The number of benzene rings is 2. The van der Waals surface area contributed by atoms with Crippen LogP contribution in [0.3, 0.4) is 0 Å². The van der Waals surface area contributed by atoms with Crippen molar-refractivity contribution in [3.8, 4) is 22.3 Å². The summed E-state index contributed by atoms with van der Waals surface area (Å²) in [6.07, 6.45) is 7.23. The summed E-state index contributed by atoms with van der Waals surface area (Å²) in [5, 5.41) is 23.9. The molecule has 6 nitrogen and oxygen atoms in total. The molecule has 1 fully saturated rings. The zero-order valence-corrected chi connectivity index (χ0v) is 21.4. The van der Waals surface area contributed by atoms with Crippen molar-refractivity contribution < 1.29 is 9.84 Å². The molecular formula is C28H27ClN4O2S. The maximum absolute atomic E-state index is 9.82. The molecule has 1 saturated heterocycles. The first kappa shape index (κ1) is 24.5. The van der Waals surface area contributed by atoms with Gasteiger partial charge in [0.25, 0.3) is 0 Å². The molecule has 1 aliphatic rings. The number of ether oxygens (including phenoxy) is 1. The van der Waals surface area contributed by atoms with Crippen molar-refractivity contribution in [2.45, 2.75) is 25.8 Å². The second-order valence-corrected chi connectivity index (χ2v) is 10.4. The zero-order chi connectivity index (χ0) is 24.9. The normalized spacial score (nSPS) is 14.0. The van der Waals surface area contributed by atoms with Crippen molar-refractivity contribution in [3.05, 3.63) is 71.0 Å². The van der Waals surface area contributed by atoms with Gasteiger partial charge in [-0.05, 0) is 67.2 Å². The number of hydrogen-bond donors (Lipinski definition) is 2.